The summed E-state index contributed by atoms with van der Waals surface area (Å²) < 4.78 is 0. The van der Waals surface area contributed by atoms with Gasteiger partial charge < -0.3 is 5.11 Å². The Bertz CT molecular complexity index is 399. The van der Waals surface area contributed by atoms with Crippen LogP contribution >= 0.6 is 23.5 Å². The van der Waals surface area contributed by atoms with Gasteiger partial charge in [0.2, 0.25) is 0 Å². The highest BCUT2D eigenvalue weighted by Crippen LogP contribution is 2.36. The summed E-state index contributed by atoms with van der Waals surface area (Å²) in [6, 6.07) is 6.60. The number of thioether (sulfide) groups is 2. The van der Waals surface area contributed by atoms with E-state index >= 15 is 0 Å². The van der Waals surface area contributed by atoms with Gasteiger partial charge in [-0.2, -0.15) is 23.5 Å². The first kappa shape index (κ1) is 15.3. The number of benzene rings is 1. The zero-order valence-corrected chi connectivity index (χ0v) is 13.7. The molecule has 1 aliphatic rings. The fourth-order valence-corrected chi connectivity index (χ4v) is 5.99. The number of hydrogen-bond acceptors (Lipinski definition) is 3. The summed E-state index contributed by atoms with van der Waals surface area (Å²) in [7, 11) is 0. The molecule has 1 saturated heterocycles. The zero-order valence-electron chi connectivity index (χ0n) is 12.1. The molecule has 1 aliphatic heterocycles. The van der Waals surface area contributed by atoms with Crippen LogP contribution in [0.5, 0.6) is 0 Å². The maximum Gasteiger partial charge on any atom is 0.0709 e. The van der Waals surface area contributed by atoms with Crippen LogP contribution in [0.2, 0.25) is 0 Å². The maximum atomic E-state index is 10.6. The SMILES string of the molecule is CCC1SCCSC1C(O)Cc1cc(C)cc(C)c1. The van der Waals surface area contributed by atoms with Gasteiger partial charge in [0.15, 0.2) is 0 Å². The molecular formula is C16H24OS2. The van der Waals surface area contributed by atoms with Gasteiger partial charge in [-0.1, -0.05) is 36.2 Å². The molecular weight excluding hydrogens is 272 g/mol. The number of aliphatic hydroxyl groups excluding tert-OH is 1. The van der Waals surface area contributed by atoms with E-state index in [1.807, 2.05) is 23.5 Å². The summed E-state index contributed by atoms with van der Waals surface area (Å²) >= 11 is 4.00. The van der Waals surface area contributed by atoms with Crippen molar-refractivity contribution in [1.82, 2.24) is 0 Å². The third-order valence-corrected chi connectivity index (χ3v) is 6.99. The lowest BCUT2D eigenvalue weighted by atomic mass is 9.99. The molecule has 0 saturated carbocycles. The maximum absolute atomic E-state index is 10.6. The van der Waals surface area contributed by atoms with Crippen molar-refractivity contribution in [3.05, 3.63) is 34.9 Å². The fourth-order valence-electron chi connectivity index (χ4n) is 2.84. The van der Waals surface area contributed by atoms with Gasteiger partial charge in [-0.3, -0.25) is 0 Å². The van der Waals surface area contributed by atoms with Crippen molar-refractivity contribution in [2.24, 2.45) is 0 Å². The average Bonchev–Trinajstić information content (AvgIpc) is 2.37. The highest BCUT2D eigenvalue weighted by molar-refractivity contribution is 8.07. The quantitative estimate of drug-likeness (QED) is 0.912. The van der Waals surface area contributed by atoms with Crippen molar-refractivity contribution >= 4 is 23.5 Å². The van der Waals surface area contributed by atoms with Crippen molar-refractivity contribution in [3.8, 4) is 0 Å². The third kappa shape index (κ3) is 4.17. The van der Waals surface area contributed by atoms with E-state index in [-0.39, 0.29) is 6.10 Å². The van der Waals surface area contributed by atoms with E-state index in [1.165, 1.54) is 28.2 Å². The second-order valence-electron chi connectivity index (χ2n) is 5.42. The molecule has 0 aliphatic carbocycles. The summed E-state index contributed by atoms with van der Waals surface area (Å²) in [6.07, 6.45) is 1.73. The van der Waals surface area contributed by atoms with Crippen molar-refractivity contribution in [3.63, 3.8) is 0 Å². The van der Waals surface area contributed by atoms with Gasteiger partial charge in [0, 0.05) is 22.0 Å². The Labute approximate surface area is 125 Å². The Balaban J connectivity index is 2.04. The Morgan fingerprint density at radius 2 is 1.79 bits per heavy atom. The van der Waals surface area contributed by atoms with Crippen LogP contribution in [0.15, 0.2) is 18.2 Å². The van der Waals surface area contributed by atoms with Crippen LogP contribution in [-0.2, 0) is 6.42 Å². The predicted octanol–water partition coefficient (Wildman–Crippen LogP) is 3.83. The fraction of sp³-hybridized carbons (Fsp3) is 0.625. The smallest absolute Gasteiger partial charge is 0.0709 e. The molecule has 19 heavy (non-hydrogen) atoms. The summed E-state index contributed by atoms with van der Waals surface area (Å²) in [4.78, 5) is 0. The average molecular weight is 297 g/mol. The van der Waals surface area contributed by atoms with E-state index in [0.29, 0.717) is 10.5 Å². The van der Waals surface area contributed by atoms with Crippen molar-refractivity contribution < 1.29 is 5.11 Å². The molecule has 0 amide bonds. The molecule has 0 bridgehead atoms. The van der Waals surface area contributed by atoms with Gasteiger partial charge in [0.1, 0.15) is 0 Å². The lowest BCUT2D eigenvalue weighted by Crippen LogP contribution is -2.37. The van der Waals surface area contributed by atoms with Gasteiger partial charge in [-0.25, -0.2) is 0 Å². The Morgan fingerprint density at radius 1 is 1.16 bits per heavy atom. The van der Waals surface area contributed by atoms with E-state index < -0.39 is 0 Å². The van der Waals surface area contributed by atoms with Crippen LogP contribution in [0.1, 0.15) is 30.0 Å². The summed E-state index contributed by atoms with van der Waals surface area (Å²) in [5.74, 6) is 2.41. The molecule has 1 aromatic rings. The van der Waals surface area contributed by atoms with E-state index in [1.54, 1.807) is 0 Å². The molecule has 3 heteroatoms. The molecule has 0 spiro atoms. The van der Waals surface area contributed by atoms with E-state index in [0.717, 1.165) is 12.8 Å². The molecule has 1 nitrogen and oxygen atoms in total. The molecule has 1 fully saturated rings. The molecule has 1 N–H and O–H groups in total. The van der Waals surface area contributed by atoms with Gasteiger partial charge in [-0.05, 0) is 32.3 Å². The number of rotatable bonds is 4. The second-order valence-corrected chi connectivity index (χ2v) is 8.05. The topological polar surface area (TPSA) is 20.2 Å². The molecule has 3 unspecified atom stereocenters. The standard InChI is InChI=1S/C16H24OS2/c1-4-15-16(19-6-5-18-15)14(17)10-13-8-11(2)7-12(3)9-13/h7-9,14-17H,4-6,10H2,1-3H3. The Kier molecular flexibility index (Phi) is 5.67. The normalized spacial score (nSPS) is 25.3. The van der Waals surface area contributed by atoms with Gasteiger partial charge in [-0.15, -0.1) is 0 Å². The van der Waals surface area contributed by atoms with E-state index in [9.17, 15) is 5.11 Å². The van der Waals surface area contributed by atoms with Crippen LogP contribution in [0.3, 0.4) is 0 Å². The first-order valence-corrected chi connectivity index (χ1v) is 9.18. The van der Waals surface area contributed by atoms with Crippen LogP contribution in [0.4, 0.5) is 0 Å². The minimum atomic E-state index is -0.219. The molecule has 2 rings (SSSR count). The molecule has 0 radical (unpaired) electrons. The first-order chi connectivity index (χ1) is 9.10. The third-order valence-electron chi connectivity index (χ3n) is 3.60. The first-order valence-electron chi connectivity index (χ1n) is 7.08. The molecule has 106 valence electrons. The monoisotopic (exact) mass is 296 g/mol. The van der Waals surface area contributed by atoms with Crippen molar-refractivity contribution in [2.75, 3.05) is 11.5 Å². The highest BCUT2D eigenvalue weighted by Gasteiger charge is 2.30. The highest BCUT2D eigenvalue weighted by atomic mass is 32.2. The second kappa shape index (κ2) is 7.05. The lowest BCUT2D eigenvalue weighted by molar-refractivity contribution is 0.169. The number of aliphatic hydroxyl groups is 1. The summed E-state index contributed by atoms with van der Waals surface area (Å²) in [6.45, 7) is 6.49. The van der Waals surface area contributed by atoms with Crippen LogP contribution in [0.25, 0.3) is 0 Å². The van der Waals surface area contributed by atoms with Gasteiger partial charge >= 0.3 is 0 Å². The molecule has 1 heterocycles. The Hall–Kier alpha value is -0.120. The predicted molar refractivity (Wildman–Crippen MR) is 88.4 cm³/mol. The molecule has 0 aromatic heterocycles. The lowest BCUT2D eigenvalue weighted by Gasteiger charge is -2.33. The van der Waals surface area contributed by atoms with Crippen LogP contribution < -0.4 is 0 Å². The largest absolute Gasteiger partial charge is 0.392 e. The van der Waals surface area contributed by atoms with Crippen LogP contribution in [-0.4, -0.2) is 33.2 Å². The summed E-state index contributed by atoms with van der Waals surface area (Å²) in [5.41, 5.74) is 3.86. The van der Waals surface area contributed by atoms with Gasteiger partial charge in [0.25, 0.3) is 0 Å². The molecule has 3 atom stereocenters. The zero-order chi connectivity index (χ0) is 13.8. The summed E-state index contributed by atoms with van der Waals surface area (Å²) in [5, 5.41) is 11.6. The van der Waals surface area contributed by atoms with Crippen LogP contribution in [0, 0.1) is 13.8 Å². The van der Waals surface area contributed by atoms with E-state index in [4.69, 9.17) is 0 Å². The number of hydrogen-bond donors (Lipinski definition) is 1. The minimum absolute atomic E-state index is 0.219. The minimum Gasteiger partial charge on any atom is -0.392 e. The van der Waals surface area contributed by atoms with E-state index in [2.05, 4.69) is 39.0 Å². The van der Waals surface area contributed by atoms with Gasteiger partial charge in [0.05, 0.1) is 6.10 Å². The van der Waals surface area contributed by atoms with Crippen molar-refractivity contribution in [1.29, 1.82) is 0 Å². The molecule has 1 aromatic carbocycles. The van der Waals surface area contributed by atoms with Crippen molar-refractivity contribution in [2.45, 2.75) is 50.2 Å². The number of aryl methyl sites for hydroxylation is 2. The Morgan fingerprint density at radius 3 is 2.42 bits per heavy atom.